The second-order valence-electron chi connectivity index (χ2n) is 7.05. The molecule has 150 valence electrons. The molecule has 0 bridgehead atoms. The van der Waals surface area contributed by atoms with Gasteiger partial charge in [0, 0.05) is 23.2 Å². The van der Waals surface area contributed by atoms with Crippen molar-refractivity contribution in [3.8, 4) is 0 Å². The molecule has 2 aromatic rings. The van der Waals surface area contributed by atoms with Crippen LogP contribution in [0.2, 0.25) is 0 Å². The number of nitrogens with zero attached hydrogens (tertiary/aromatic N) is 1. The molecule has 3 nitrogen and oxygen atoms in total. The van der Waals surface area contributed by atoms with Gasteiger partial charge in [-0.2, -0.15) is 13.2 Å². The zero-order chi connectivity index (χ0) is 20.1. The summed E-state index contributed by atoms with van der Waals surface area (Å²) in [6.45, 7) is 2.36. The van der Waals surface area contributed by atoms with Crippen LogP contribution < -0.4 is 5.32 Å². The molecule has 1 fully saturated rings. The minimum atomic E-state index is -4.30. The minimum Gasteiger partial charge on any atom is -0.317 e. The highest BCUT2D eigenvalue weighted by atomic mass is 32.2. The number of benzene rings is 2. The van der Waals surface area contributed by atoms with E-state index in [2.05, 4.69) is 5.32 Å². The van der Waals surface area contributed by atoms with Gasteiger partial charge in [0.1, 0.15) is 0 Å². The zero-order valence-electron chi connectivity index (χ0n) is 15.6. The van der Waals surface area contributed by atoms with Gasteiger partial charge in [0.25, 0.3) is 0 Å². The molecule has 0 radical (unpaired) electrons. The fourth-order valence-electron chi connectivity index (χ4n) is 3.41. The molecule has 1 aliphatic rings. The van der Waals surface area contributed by atoms with Crippen LogP contribution in [0.25, 0.3) is 0 Å². The van der Waals surface area contributed by atoms with Crippen molar-refractivity contribution in [1.82, 2.24) is 4.90 Å². The van der Waals surface area contributed by atoms with Crippen molar-refractivity contribution in [2.24, 2.45) is 0 Å². The van der Waals surface area contributed by atoms with Crippen molar-refractivity contribution >= 4 is 23.5 Å². The number of aryl methyl sites for hydroxylation is 1. The van der Waals surface area contributed by atoms with Crippen LogP contribution in [0, 0.1) is 6.92 Å². The van der Waals surface area contributed by atoms with E-state index in [4.69, 9.17) is 0 Å². The number of nitrogens with one attached hydrogen (secondary N) is 1. The molecule has 2 amide bonds. The minimum absolute atomic E-state index is 0.130. The molecule has 1 aliphatic carbocycles. The maximum atomic E-state index is 12.9. The number of hydrogen-bond acceptors (Lipinski definition) is 2. The number of rotatable bonds is 5. The smallest absolute Gasteiger partial charge is 0.317 e. The highest BCUT2D eigenvalue weighted by Gasteiger charge is 2.29. The highest BCUT2D eigenvalue weighted by Crippen LogP contribution is 2.37. The van der Waals surface area contributed by atoms with Gasteiger partial charge in [-0.05, 0) is 61.4 Å². The first-order chi connectivity index (χ1) is 13.3. The summed E-state index contributed by atoms with van der Waals surface area (Å²) in [6.07, 6.45) is 4.06. The van der Waals surface area contributed by atoms with Crippen molar-refractivity contribution in [1.29, 1.82) is 0 Å². The lowest BCUT2D eigenvalue weighted by Crippen LogP contribution is -2.41. The number of thioether (sulfide) groups is 1. The first-order valence-corrected chi connectivity index (χ1v) is 10.1. The molecule has 2 aromatic carbocycles. The van der Waals surface area contributed by atoms with E-state index in [0.29, 0.717) is 6.54 Å². The number of anilines is 1. The van der Waals surface area contributed by atoms with Crippen molar-refractivity contribution in [3.63, 3.8) is 0 Å². The van der Waals surface area contributed by atoms with Gasteiger partial charge in [0.05, 0.1) is 0 Å². The lowest BCUT2D eigenvalue weighted by molar-refractivity contribution is -0.0328. The van der Waals surface area contributed by atoms with Gasteiger partial charge in [-0.25, -0.2) is 4.79 Å². The van der Waals surface area contributed by atoms with E-state index in [0.717, 1.165) is 42.5 Å². The van der Waals surface area contributed by atoms with Gasteiger partial charge in [-0.3, -0.25) is 0 Å². The van der Waals surface area contributed by atoms with E-state index < -0.39 is 5.51 Å². The topological polar surface area (TPSA) is 32.3 Å². The summed E-state index contributed by atoms with van der Waals surface area (Å²) in [5.74, 6) is 0. The van der Waals surface area contributed by atoms with Crippen molar-refractivity contribution in [2.45, 2.75) is 55.6 Å². The third-order valence-corrected chi connectivity index (χ3v) is 5.58. The van der Waals surface area contributed by atoms with E-state index in [-0.39, 0.29) is 28.7 Å². The van der Waals surface area contributed by atoms with Crippen LogP contribution in [0.5, 0.6) is 0 Å². The summed E-state index contributed by atoms with van der Waals surface area (Å²) in [5, 5.41) is 2.94. The molecule has 7 heteroatoms. The van der Waals surface area contributed by atoms with E-state index in [1.165, 1.54) is 12.1 Å². The molecule has 0 spiro atoms. The third kappa shape index (κ3) is 5.92. The molecule has 0 aromatic heterocycles. The van der Waals surface area contributed by atoms with Gasteiger partial charge in [0.15, 0.2) is 0 Å². The van der Waals surface area contributed by atoms with Gasteiger partial charge in [0.2, 0.25) is 0 Å². The molecule has 3 rings (SSSR count). The fraction of sp³-hybridized carbons (Fsp3) is 0.381. The molecule has 0 atom stereocenters. The largest absolute Gasteiger partial charge is 0.446 e. The Labute approximate surface area is 167 Å². The third-order valence-electron chi connectivity index (χ3n) is 4.84. The summed E-state index contributed by atoms with van der Waals surface area (Å²) < 4.78 is 37.5. The monoisotopic (exact) mass is 408 g/mol. The molecule has 1 saturated carbocycles. The number of hydrogen-bond donors (Lipinski definition) is 1. The summed E-state index contributed by atoms with van der Waals surface area (Å²) >= 11 is -0.130. The molecule has 0 saturated heterocycles. The molecular formula is C21H23F3N2OS. The van der Waals surface area contributed by atoms with Crippen molar-refractivity contribution in [3.05, 3.63) is 59.7 Å². The van der Waals surface area contributed by atoms with Crippen LogP contribution in [0.15, 0.2) is 53.4 Å². The fourth-order valence-corrected chi connectivity index (χ4v) is 3.95. The SMILES string of the molecule is Cc1ccc(NC(=O)N(Cc2ccc(SC(F)(F)F)cc2)C2CCCC2)cc1. The van der Waals surface area contributed by atoms with Crippen LogP contribution in [0.3, 0.4) is 0 Å². The Morgan fingerprint density at radius 3 is 2.25 bits per heavy atom. The van der Waals surface area contributed by atoms with Crippen molar-refractivity contribution in [2.75, 3.05) is 5.32 Å². The average molecular weight is 408 g/mol. The van der Waals surface area contributed by atoms with E-state index in [1.54, 1.807) is 17.0 Å². The van der Waals surface area contributed by atoms with Gasteiger partial charge in [-0.1, -0.05) is 42.7 Å². The molecule has 1 N–H and O–H groups in total. The first-order valence-electron chi connectivity index (χ1n) is 9.29. The standard InChI is InChI=1S/C21H23F3N2OS/c1-15-6-10-17(11-7-15)25-20(27)26(18-4-2-3-5-18)14-16-8-12-19(13-9-16)28-21(22,23)24/h6-13,18H,2-5,14H2,1H3,(H,25,27). The lowest BCUT2D eigenvalue weighted by atomic mass is 10.1. The molecule has 0 unspecified atom stereocenters. The summed E-state index contributed by atoms with van der Waals surface area (Å²) in [4.78, 5) is 14.9. The Bertz CT molecular complexity index is 785. The Balaban J connectivity index is 1.71. The van der Waals surface area contributed by atoms with Crippen LogP contribution >= 0.6 is 11.8 Å². The number of carbonyl (C=O) groups is 1. The highest BCUT2D eigenvalue weighted by molar-refractivity contribution is 8.00. The second kappa shape index (κ2) is 8.90. The normalized spacial score (nSPS) is 14.9. The summed E-state index contributed by atoms with van der Waals surface area (Å²) in [6, 6.07) is 13.8. The molecule has 28 heavy (non-hydrogen) atoms. The average Bonchev–Trinajstić information content (AvgIpc) is 3.16. The number of amides is 2. The summed E-state index contributed by atoms with van der Waals surface area (Å²) in [7, 11) is 0. The number of carbonyl (C=O) groups excluding carboxylic acids is 1. The van der Waals surface area contributed by atoms with Gasteiger partial charge >= 0.3 is 11.5 Å². The predicted molar refractivity (Wildman–Crippen MR) is 106 cm³/mol. The van der Waals surface area contributed by atoms with Gasteiger partial charge < -0.3 is 10.2 Å². The Kier molecular flexibility index (Phi) is 6.54. The Morgan fingerprint density at radius 2 is 1.68 bits per heavy atom. The molecular weight excluding hydrogens is 385 g/mol. The van der Waals surface area contributed by atoms with Crippen molar-refractivity contribution < 1.29 is 18.0 Å². The van der Waals surface area contributed by atoms with Crippen LogP contribution in [-0.4, -0.2) is 22.5 Å². The second-order valence-corrected chi connectivity index (χ2v) is 8.19. The number of urea groups is 1. The first kappa shape index (κ1) is 20.6. The van der Waals surface area contributed by atoms with E-state index in [1.807, 2.05) is 31.2 Å². The predicted octanol–water partition coefficient (Wildman–Crippen LogP) is 6.58. The Morgan fingerprint density at radius 1 is 1.07 bits per heavy atom. The molecule has 0 heterocycles. The maximum absolute atomic E-state index is 12.9. The van der Waals surface area contributed by atoms with Crippen LogP contribution in [-0.2, 0) is 6.54 Å². The lowest BCUT2D eigenvalue weighted by Gasteiger charge is -2.29. The van der Waals surface area contributed by atoms with Crippen LogP contribution in [0.4, 0.5) is 23.7 Å². The number of halogens is 3. The van der Waals surface area contributed by atoms with Gasteiger partial charge in [-0.15, -0.1) is 0 Å². The zero-order valence-corrected chi connectivity index (χ0v) is 16.4. The molecule has 0 aliphatic heterocycles. The number of alkyl halides is 3. The quantitative estimate of drug-likeness (QED) is 0.567. The summed E-state index contributed by atoms with van der Waals surface area (Å²) in [5.41, 5.74) is -1.64. The maximum Gasteiger partial charge on any atom is 0.446 e. The van der Waals surface area contributed by atoms with E-state index >= 15 is 0 Å². The Hall–Kier alpha value is -2.15. The van der Waals surface area contributed by atoms with Crippen LogP contribution in [0.1, 0.15) is 36.8 Å². The van der Waals surface area contributed by atoms with E-state index in [9.17, 15) is 18.0 Å².